The fraction of sp³-hybridized carbons (Fsp3) is 0.615. The smallest absolute Gasteiger partial charge is 0.305 e. The molecule has 1 amide bonds. The Morgan fingerprint density at radius 2 is 2.32 bits per heavy atom. The lowest BCUT2D eigenvalue weighted by molar-refractivity contribution is -0.137. The molecule has 1 aliphatic rings. The van der Waals surface area contributed by atoms with Gasteiger partial charge in [-0.3, -0.25) is 9.59 Å². The monoisotopic (exact) mass is 282 g/mol. The molecule has 1 aliphatic heterocycles. The third-order valence-corrected chi connectivity index (χ3v) is 4.56. The van der Waals surface area contributed by atoms with E-state index in [1.165, 1.54) is 11.3 Å². The number of aliphatic carboxylic acids is 1. The van der Waals surface area contributed by atoms with Gasteiger partial charge in [-0.1, -0.05) is 13.8 Å². The van der Waals surface area contributed by atoms with Crippen molar-refractivity contribution in [2.45, 2.75) is 45.1 Å². The lowest BCUT2D eigenvalue weighted by Crippen LogP contribution is -2.36. The average Bonchev–Trinajstić information content (AvgIpc) is 2.95. The third kappa shape index (κ3) is 3.12. The van der Waals surface area contributed by atoms with Gasteiger partial charge in [0.05, 0.1) is 17.6 Å². The molecule has 2 heterocycles. The average molecular weight is 282 g/mol. The normalized spacial score (nSPS) is 19.1. The molecule has 1 N–H and O–H groups in total. The number of nitrogens with zero attached hydrogens (tertiary/aromatic N) is 2. The molecule has 0 bridgehead atoms. The highest BCUT2D eigenvalue weighted by molar-refractivity contribution is 7.13. The first-order chi connectivity index (χ1) is 8.99. The van der Waals surface area contributed by atoms with Crippen LogP contribution in [0.3, 0.4) is 0 Å². The fourth-order valence-corrected chi connectivity index (χ4v) is 3.19. The number of carboxylic acids is 1. The first-order valence-corrected chi connectivity index (χ1v) is 7.29. The van der Waals surface area contributed by atoms with Crippen LogP contribution in [0, 0.1) is 0 Å². The SMILES string of the molecule is CC(C)c1ncc(C(=O)N2CCCC2CC(=O)O)s1. The molecule has 5 nitrogen and oxygen atoms in total. The van der Waals surface area contributed by atoms with Crippen LogP contribution in [0.15, 0.2) is 6.20 Å². The van der Waals surface area contributed by atoms with E-state index in [0.717, 1.165) is 17.8 Å². The molecule has 6 heteroatoms. The number of carbonyl (C=O) groups is 2. The summed E-state index contributed by atoms with van der Waals surface area (Å²) in [5.41, 5.74) is 0. The highest BCUT2D eigenvalue weighted by atomic mass is 32.1. The molecule has 0 aliphatic carbocycles. The van der Waals surface area contributed by atoms with Crippen LogP contribution in [-0.4, -0.2) is 39.5 Å². The largest absolute Gasteiger partial charge is 0.481 e. The number of likely N-dealkylation sites (tertiary alicyclic amines) is 1. The third-order valence-electron chi connectivity index (χ3n) is 3.28. The summed E-state index contributed by atoms with van der Waals surface area (Å²) in [6, 6.07) is -0.172. The zero-order chi connectivity index (χ0) is 14.0. The van der Waals surface area contributed by atoms with Gasteiger partial charge in [0.2, 0.25) is 0 Å². The Morgan fingerprint density at radius 1 is 1.58 bits per heavy atom. The van der Waals surface area contributed by atoms with Gasteiger partial charge in [-0.2, -0.15) is 0 Å². The number of amides is 1. The Bertz CT molecular complexity index is 484. The molecule has 1 unspecified atom stereocenters. The maximum atomic E-state index is 12.4. The minimum absolute atomic E-state index is 0.0293. The minimum atomic E-state index is -0.850. The van der Waals surface area contributed by atoms with Crippen LogP contribution < -0.4 is 0 Å². The predicted molar refractivity (Wildman–Crippen MR) is 72.5 cm³/mol. The number of rotatable bonds is 4. The van der Waals surface area contributed by atoms with E-state index in [1.807, 2.05) is 13.8 Å². The number of hydrogen-bond donors (Lipinski definition) is 1. The second-order valence-corrected chi connectivity index (χ2v) is 6.17. The van der Waals surface area contributed by atoms with E-state index in [0.29, 0.717) is 17.3 Å². The van der Waals surface area contributed by atoms with E-state index in [9.17, 15) is 9.59 Å². The summed E-state index contributed by atoms with van der Waals surface area (Å²) in [5, 5.41) is 9.82. The van der Waals surface area contributed by atoms with Crippen molar-refractivity contribution in [3.8, 4) is 0 Å². The molecular weight excluding hydrogens is 264 g/mol. The van der Waals surface area contributed by atoms with Gasteiger partial charge in [-0.25, -0.2) is 4.98 Å². The van der Waals surface area contributed by atoms with Crippen molar-refractivity contribution < 1.29 is 14.7 Å². The van der Waals surface area contributed by atoms with Crippen LogP contribution in [0.1, 0.15) is 53.7 Å². The van der Waals surface area contributed by atoms with Crippen LogP contribution in [0.25, 0.3) is 0 Å². The first-order valence-electron chi connectivity index (χ1n) is 6.47. The highest BCUT2D eigenvalue weighted by Gasteiger charge is 2.31. The van der Waals surface area contributed by atoms with E-state index in [1.54, 1.807) is 11.1 Å². The minimum Gasteiger partial charge on any atom is -0.481 e. The van der Waals surface area contributed by atoms with Gasteiger partial charge < -0.3 is 10.0 Å². The van der Waals surface area contributed by atoms with Gasteiger partial charge in [0.15, 0.2) is 0 Å². The van der Waals surface area contributed by atoms with Gasteiger partial charge >= 0.3 is 5.97 Å². The summed E-state index contributed by atoms with van der Waals surface area (Å²) in [5.74, 6) is -0.620. The Morgan fingerprint density at radius 3 is 2.89 bits per heavy atom. The van der Waals surface area contributed by atoms with Crippen molar-refractivity contribution in [2.75, 3.05) is 6.54 Å². The summed E-state index contributed by atoms with van der Waals surface area (Å²) in [6.07, 6.45) is 3.29. The number of hydrogen-bond acceptors (Lipinski definition) is 4. The molecule has 1 fully saturated rings. The van der Waals surface area contributed by atoms with Gasteiger partial charge in [0, 0.05) is 18.5 Å². The Hall–Kier alpha value is -1.43. The molecule has 0 saturated carbocycles. The Balaban J connectivity index is 2.11. The fourth-order valence-electron chi connectivity index (χ4n) is 2.31. The van der Waals surface area contributed by atoms with Crippen LogP contribution in [-0.2, 0) is 4.79 Å². The quantitative estimate of drug-likeness (QED) is 0.920. The molecule has 19 heavy (non-hydrogen) atoms. The van der Waals surface area contributed by atoms with Gasteiger partial charge in [-0.05, 0) is 12.8 Å². The van der Waals surface area contributed by atoms with Crippen LogP contribution in [0.4, 0.5) is 0 Å². The Labute approximate surface area is 116 Å². The van der Waals surface area contributed by atoms with E-state index in [4.69, 9.17) is 5.11 Å². The van der Waals surface area contributed by atoms with Gasteiger partial charge in [0.1, 0.15) is 4.88 Å². The lowest BCUT2D eigenvalue weighted by atomic mass is 10.1. The van der Waals surface area contributed by atoms with Crippen molar-refractivity contribution in [1.29, 1.82) is 0 Å². The molecular formula is C13H18N2O3S. The van der Waals surface area contributed by atoms with Gasteiger partial charge in [0.25, 0.3) is 5.91 Å². The van der Waals surface area contributed by atoms with Crippen molar-refractivity contribution in [3.63, 3.8) is 0 Å². The summed E-state index contributed by atoms with van der Waals surface area (Å²) in [6.45, 7) is 4.72. The molecule has 0 spiro atoms. The summed E-state index contributed by atoms with van der Waals surface area (Å²) in [4.78, 5) is 29.7. The standard InChI is InChI=1S/C13H18N2O3S/c1-8(2)12-14-7-10(19-12)13(18)15-5-3-4-9(15)6-11(16)17/h7-9H,3-6H2,1-2H3,(H,16,17). The second-order valence-electron chi connectivity index (χ2n) is 5.11. The topological polar surface area (TPSA) is 70.5 Å². The van der Waals surface area contributed by atoms with Crippen molar-refractivity contribution in [3.05, 3.63) is 16.1 Å². The zero-order valence-corrected chi connectivity index (χ0v) is 11.9. The maximum absolute atomic E-state index is 12.4. The van der Waals surface area contributed by atoms with E-state index in [2.05, 4.69) is 4.98 Å². The first kappa shape index (κ1) is 14.0. The molecule has 104 valence electrons. The van der Waals surface area contributed by atoms with Gasteiger partial charge in [-0.15, -0.1) is 11.3 Å². The van der Waals surface area contributed by atoms with Crippen LogP contribution >= 0.6 is 11.3 Å². The molecule has 0 aromatic carbocycles. The molecule has 1 saturated heterocycles. The number of thiazole rings is 1. The van der Waals surface area contributed by atoms with Crippen LogP contribution in [0.2, 0.25) is 0 Å². The van der Waals surface area contributed by atoms with Crippen molar-refractivity contribution in [2.24, 2.45) is 0 Å². The summed E-state index contributed by atoms with van der Waals surface area (Å²) >= 11 is 1.41. The number of carbonyl (C=O) groups excluding carboxylic acids is 1. The maximum Gasteiger partial charge on any atom is 0.305 e. The Kier molecular flexibility index (Phi) is 4.19. The number of aromatic nitrogens is 1. The second kappa shape index (κ2) is 5.69. The zero-order valence-electron chi connectivity index (χ0n) is 11.1. The van der Waals surface area contributed by atoms with Crippen molar-refractivity contribution >= 4 is 23.2 Å². The molecule has 1 aromatic rings. The molecule has 1 atom stereocenters. The molecule has 2 rings (SSSR count). The van der Waals surface area contributed by atoms with E-state index >= 15 is 0 Å². The summed E-state index contributed by atoms with van der Waals surface area (Å²) < 4.78 is 0. The summed E-state index contributed by atoms with van der Waals surface area (Å²) in [7, 11) is 0. The molecule has 1 aromatic heterocycles. The van der Waals surface area contributed by atoms with Crippen molar-refractivity contribution in [1.82, 2.24) is 9.88 Å². The van der Waals surface area contributed by atoms with Crippen LogP contribution in [0.5, 0.6) is 0 Å². The van der Waals surface area contributed by atoms with E-state index in [-0.39, 0.29) is 18.4 Å². The predicted octanol–water partition coefficient (Wildman–Crippen LogP) is 2.35. The molecule has 0 radical (unpaired) electrons. The van der Waals surface area contributed by atoms with E-state index < -0.39 is 5.97 Å². The highest BCUT2D eigenvalue weighted by Crippen LogP contribution is 2.26. The number of carboxylic acid groups (broad SMARTS) is 1. The lowest BCUT2D eigenvalue weighted by Gasteiger charge is -2.22.